The Labute approximate surface area is 97.1 Å². The summed E-state index contributed by atoms with van der Waals surface area (Å²) in [5.41, 5.74) is 0.590. The molecule has 0 aliphatic carbocycles. The number of nitrogens with zero attached hydrogens (tertiary/aromatic N) is 2. The quantitative estimate of drug-likeness (QED) is 0.819. The summed E-state index contributed by atoms with van der Waals surface area (Å²) in [6, 6.07) is 3.83. The number of pyridine rings is 1. The van der Waals surface area contributed by atoms with Crippen molar-refractivity contribution in [3.8, 4) is 17.7 Å². The number of thiophene rings is 1. The minimum absolute atomic E-state index is 0.526. The van der Waals surface area contributed by atoms with E-state index >= 15 is 0 Å². The molecule has 0 aliphatic rings. The highest BCUT2D eigenvalue weighted by atomic mass is 32.1. The molecule has 0 unspecified atom stereocenters. The van der Waals surface area contributed by atoms with Gasteiger partial charge in [-0.25, -0.2) is 4.98 Å². The minimum atomic E-state index is 0.526. The van der Waals surface area contributed by atoms with Crippen molar-refractivity contribution in [3.05, 3.63) is 17.0 Å². The number of ether oxygens (including phenoxy) is 2. The molecule has 0 aromatic carbocycles. The molecular weight excluding hydrogens is 224 g/mol. The Morgan fingerprint density at radius 3 is 3.00 bits per heavy atom. The second-order valence-electron chi connectivity index (χ2n) is 3.04. The van der Waals surface area contributed by atoms with Gasteiger partial charge in [0, 0.05) is 11.4 Å². The number of hydrogen-bond donors (Lipinski definition) is 0. The van der Waals surface area contributed by atoms with Crippen molar-refractivity contribution in [1.29, 1.82) is 5.26 Å². The van der Waals surface area contributed by atoms with Crippen molar-refractivity contribution in [2.75, 3.05) is 13.7 Å². The minimum Gasteiger partial charge on any atom is -0.496 e. The average Bonchev–Trinajstić information content (AvgIpc) is 2.71. The number of fused-ring (bicyclic) bond motifs is 1. The van der Waals surface area contributed by atoms with Crippen molar-refractivity contribution in [3.63, 3.8) is 0 Å². The largest absolute Gasteiger partial charge is 0.496 e. The summed E-state index contributed by atoms with van der Waals surface area (Å²) in [7, 11) is 1.57. The molecule has 0 saturated carbocycles. The highest BCUT2D eigenvalue weighted by molar-refractivity contribution is 7.17. The van der Waals surface area contributed by atoms with Gasteiger partial charge in [0.05, 0.1) is 24.7 Å². The van der Waals surface area contributed by atoms with Crippen LogP contribution in [0.5, 0.6) is 11.6 Å². The number of methoxy groups -OCH3 is 1. The van der Waals surface area contributed by atoms with Gasteiger partial charge in [0.15, 0.2) is 0 Å². The Bertz CT molecular complexity index is 557. The van der Waals surface area contributed by atoms with E-state index < -0.39 is 0 Å². The van der Waals surface area contributed by atoms with E-state index in [0.29, 0.717) is 23.8 Å². The fraction of sp³-hybridized carbons (Fsp3) is 0.273. The van der Waals surface area contributed by atoms with Crippen molar-refractivity contribution in [1.82, 2.24) is 4.98 Å². The third-order valence-corrected chi connectivity index (χ3v) is 2.99. The van der Waals surface area contributed by atoms with Gasteiger partial charge in [0.2, 0.25) is 5.88 Å². The fourth-order valence-electron chi connectivity index (χ4n) is 1.45. The monoisotopic (exact) mass is 234 g/mol. The maximum Gasteiger partial charge on any atom is 0.218 e. The second-order valence-corrected chi connectivity index (χ2v) is 3.90. The molecule has 0 fully saturated rings. The molecule has 0 spiro atoms. The van der Waals surface area contributed by atoms with Crippen LogP contribution in [0.3, 0.4) is 0 Å². The summed E-state index contributed by atoms with van der Waals surface area (Å²) < 4.78 is 10.6. The van der Waals surface area contributed by atoms with Gasteiger partial charge in [0.25, 0.3) is 0 Å². The van der Waals surface area contributed by atoms with Gasteiger partial charge in [-0.3, -0.25) is 0 Å². The molecule has 2 rings (SSSR count). The van der Waals surface area contributed by atoms with Crippen LogP contribution in [-0.4, -0.2) is 18.7 Å². The van der Waals surface area contributed by atoms with Crippen LogP contribution in [0.2, 0.25) is 0 Å². The van der Waals surface area contributed by atoms with Crippen LogP contribution in [0.25, 0.3) is 10.2 Å². The van der Waals surface area contributed by atoms with Crippen LogP contribution in [0.15, 0.2) is 11.4 Å². The van der Waals surface area contributed by atoms with Crippen LogP contribution >= 0.6 is 11.3 Å². The van der Waals surface area contributed by atoms with E-state index in [-0.39, 0.29) is 0 Å². The molecule has 0 saturated heterocycles. The van der Waals surface area contributed by atoms with Gasteiger partial charge < -0.3 is 9.47 Å². The van der Waals surface area contributed by atoms with Gasteiger partial charge in [-0.05, 0) is 6.92 Å². The van der Waals surface area contributed by atoms with Crippen LogP contribution in [0, 0.1) is 11.3 Å². The van der Waals surface area contributed by atoms with Crippen molar-refractivity contribution in [2.24, 2.45) is 0 Å². The van der Waals surface area contributed by atoms with Gasteiger partial charge in [0.1, 0.15) is 16.6 Å². The van der Waals surface area contributed by atoms with Crippen LogP contribution in [0.4, 0.5) is 0 Å². The standard InChI is InChI=1S/C11H10N2O2S/c1-3-15-9-4-8(14-2)10-7(5-12)6-16-11(10)13-9/h4,6H,3H2,1-2H3. The predicted molar refractivity (Wildman–Crippen MR) is 62.1 cm³/mol. The maximum atomic E-state index is 8.96. The number of aromatic nitrogens is 1. The first-order valence-corrected chi connectivity index (χ1v) is 5.67. The normalized spacial score (nSPS) is 10.1. The maximum absolute atomic E-state index is 8.96. The zero-order valence-corrected chi connectivity index (χ0v) is 9.80. The molecule has 0 radical (unpaired) electrons. The Balaban J connectivity index is 2.67. The highest BCUT2D eigenvalue weighted by Gasteiger charge is 2.13. The zero-order valence-electron chi connectivity index (χ0n) is 8.98. The molecule has 2 aromatic heterocycles. The Hall–Kier alpha value is -1.80. The summed E-state index contributed by atoms with van der Waals surface area (Å²) in [6.45, 7) is 2.45. The topological polar surface area (TPSA) is 55.1 Å². The van der Waals surface area contributed by atoms with Crippen LogP contribution < -0.4 is 9.47 Å². The Kier molecular flexibility index (Phi) is 2.93. The third-order valence-electron chi connectivity index (χ3n) is 2.12. The van der Waals surface area contributed by atoms with Crippen molar-refractivity contribution >= 4 is 21.6 Å². The molecule has 4 nitrogen and oxygen atoms in total. The first kappa shape index (κ1) is 10.7. The van der Waals surface area contributed by atoms with E-state index in [1.54, 1.807) is 18.6 Å². The third kappa shape index (κ3) is 1.68. The molecule has 82 valence electrons. The zero-order chi connectivity index (χ0) is 11.5. The van der Waals surface area contributed by atoms with Crippen LogP contribution in [0.1, 0.15) is 12.5 Å². The molecule has 0 bridgehead atoms. The predicted octanol–water partition coefficient (Wildman–Crippen LogP) is 2.58. The lowest BCUT2D eigenvalue weighted by atomic mass is 10.2. The molecule has 16 heavy (non-hydrogen) atoms. The summed E-state index contributed by atoms with van der Waals surface area (Å²) >= 11 is 1.41. The molecule has 0 aliphatic heterocycles. The summed E-state index contributed by atoms with van der Waals surface area (Å²) in [4.78, 5) is 5.07. The molecule has 0 amide bonds. The first-order chi connectivity index (χ1) is 7.80. The van der Waals surface area contributed by atoms with Crippen molar-refractivity contribution < 1.29 is 9.47 Å². The average molecular weight is 234 g/mol. The Morgan fingerprint density at radius 2 is 2.38 bits per heavy atom. The molecule has 0 N–H and O–H groups in total. The lowest BCUT2D eigenvalue weighted by molar-refractivity contribution is 0.325. The van der Waals surface area contributed by atoms with Gasteiger partial charge in [-0.15, -0.1) is 11.3 Å². The van der Waals surface area contributed by atoms with Crippen molar-refractivity contribution in [2.45, 2.75) is 6.92 Å². The van der Waals surface area contributed by atoms with E-state index in [2.05, 4.69) is 11.1 Å². The van der Waals surface area contributed by atoms with Gasteiger partial charge in [-0.2, -0.15) is 5.26 Å². The number of nitriles is 1. The first-order valence-electron chi connectivity index (χ1n) is 4.79. The second kappa shape index (κ2) is 4.37. The fourth-order valence-corrected chi connectivity index (χ4v) is 2.32. The molecule has 2 heterocycles. The van der Waals surface area contributed by atoms with Gasteiger partial charge in [-0.1, -0.05) is 0 Å². The lowest BCUT2D eigenvalue weighted by Gasteiger charge is -2.06. The van der Waals surface area contributed by atoms with E-state index in [0.717, 1.165) is 10.2 Å². The van der Waals surface area contributed by atoms with E-state index in [9.17, 15) is 0 Å². The molecular formula is C11H10N2O2S. The van der Waals surface area contributed by atoms with Crippen LogP contribution in [-0.2, 0) is 0 Å². The number of hydrogen-bond acceptors (Lipinski definition) is 5. The molecule has 2 aromatic rings. The molecule has 0 atom stereocenters. The SMILES string of the molecule is CCOc1cc(OC)c2c(C#N)csc2n1. The Morgan fingerprint density at radius 1 is 1.56 bits per heavy atom. The van der Waals surface area contributed by atoms with E-state index in [1.165, 1.54) is 11.3 Å². The summed E-state index contributed by atoms with van der Waals surface area (Å²) in [5.74, 6) is 1.16. The summed E-state index contributed by atoms with van der Waals surface area (Å²) in [6.07, 6.45) is 0. The van der Waals surface area contributed by atoms with E-state index in [4.69, 9.17) is 14.7 Å². The van der Waals surface area contributed by atoms with Gasteiger partial charge >= 0.3 is 0 Å². The summed E-state index contributed by atoms with van der Waals surface area (Å²) in [5, 5.41) is 11.5. The van der Waals surface area contributed by atoms with E-state index in [1.807, 2.05) is 6.92 Å². The smallest absolute Gasteiger partial charge is 0.218 e. The highest BCUT2D eigenvalue weighted by Crippen LogP contribution is 2.34. The number of rotatable bonds is 3. The lowest BCUT2D eigenvalue weighted by Crippen LogP contribution is -1.95. The molecule has 5 heteroatoms.